The molecule has 1 aromatic carbocycles. The predicted molar refractivity (Wildman–Crippen MR) is 104 cm³/mol. The van der Waals surface area contributed by atoms with Gasteiger partial charge in [-0.1, -0.05) is 6.92 Å². The molecule has 0 spiro atoms. The number of methoxy groups -OCH3 is 2. The number of rotatable bonds is 6. The van der Waals surface area contributed by atoms with Crippen LogP contribution in [-0.4, -0.2) is 47.6 Å². The van der Waals surface area contributed by atoms with Crippen molar-refractivity contribution in [3.05, 3.63) is 36.3 Å². The van der Waals surface area contributed by atoms with E-state index >= 15 is 0 Å². The van der Waals surface area contributed by atoms with Gasteiger partial charge in [-0.25, -0.2) is 9.97 Å². The second-order valence-corrected chi connectivity index (χ2v) is 6.54. The van der Waals surface area contributed by atoms with E-state index in [9.17, 15) is 4.79 Å². The van der Waals surface area contributed by atoms with Crippen LogP contribution < -0.4 is 14.8 Å². The van der Waals surface area contributed by atoms with Gasteiger partial charge in [0.2, 0.25) is 0 Å². The highest BCUT2D eigenvalue weighted by molar-refractivity contribution is 5.93. The summed E-state index contributed by atoms with van der Waals surface area (Å²) < 4.78 is 10.7. The van der Waals surface area contributed by atoms with Crippen LogP contribution in [0.25, 0.3) is 0 Å². The average Bonchev–Trinajstić information content (AvgIpc) is 2.73. The van der Waals surface area contributed by atoms with Crippen molar-refractivity contribution < 1.29 is 14.3 Å². The summed E-state index contributed by atoms with van der Waals surface area (Å²) in [6.45, 7) is 2.91. The minimum Gasteiger partial charge on any atom is -0.497 e. The summed E-state index contributed by atoms with van der Waals surface area (Å²) in [5.74, 6) is 1.85. The van der Waals surface area contributed by atoms with Gasteiger partial charge in [-0.3, -0.25) is 4.79 Å². The minimum absolute atomic E-state index is 0.0374. The predicted octanol–water partition coefficient (Wildman–Crippen LogP) is 3.64. The first kappa shape index (κ1) is 18.9. The number of nitrogens with zero attached hydrogens (tertiary/aromatic N) is 3. The summed E-state index contributed by atoms with van der Waals surface area (Å²) >= 11 is 0. The van der Waals surface area contributed by atoms with Crippen molar-refractivity contribution in [3.63, 3.8) is 0 Å². The number of carbonyl (C=O) groups is 1. The average molecular weight is 370 g/mol. The lowest BCUT2D eigenvalue weighted by atomic mass is 9.99. The quantitative estimate of drug-likeness (QED) is 0.836. The third kappa shape index (κ3) is 4.30. The minimum atomic E-state index is -0.0374. The molecule has 1 aliphatic heterocycles. The number of likely N-dealkylation sites (tertiary alicyclic amines) is 1. The van der Waals surface area contributed by atoms with Crippen molar-refractivity contribution >= 4 is 17.4 Å². The molecule has 1 fully saturated rings. The highest BCUT2D eigenvalue weighted by Gasteiger charge is 2.27. The second kappa shape index (κ2) is 8.70. The van der Waals surface area contributed by atoms with Crippen molar-refractivity contribution in [3.8, 4) is 11.5 Å². The molecule has 144 valence electrons. The number of ether oxygens (including phenoxy) is 2. The number of aromatic nitrogens is 2. The molecule has 1 amide bonds. The van der Waals surface area contributed by atoms with Crippen LogP contribution in [0.3, 0.4) is 0 Å². The Bertz CT molecular complexity index is 797. The molecule has 0 aliphatic carbocycles. The van der Waals surface area contributed by atoms with E-state index in [0.29, 0.717) is 28.7 Å². The smallest absolute Gasteiger partial charge is 0.272 e. The molecule has 1 N–H and O–H groups in total. The highest BCUT2D eigenvalue weighted by atomic mass is 16.5. The van der Waals surface area contributed by atoms with E-state index in [0.717, 1.165) is 25.8 Å². The summed E-state index contributed by atoms with van der Waals surface area (Å²) in [4.78, 5) is 23.4. The third-order valence-electron chi connectivity index (χ3n) is 4.91. The first-order valence-corrected chi connectivity index (χ1v) is 9.28. The van der Waals surface area contributed by atoms with Gasteiger partial charge < -0.3 is 19.7 Å². The van der Waals surface area contributed by atoms with Crippen LogP contribution in [0.15, 0.2) is 30.6 Å². The van der Waals surface area contributed by atoms with Gasteiger partial charge in [0, 0.05) is 24.7 Å². The number of carbonyl (C=O) groups excluding carboxylic acids is 1. The number of benzene rings is 1. The van der Waals surface area contributed by atoms with E-state index in [1.54, 1.807) is 20.3 Å². The van der Waals surface area contributed by atoms with E-state index in [2.05, 4.69) is 22.2 Å². The molecule has 3 rings (SSSR count). The SMILES string of the molecule is CCC1CCCCN1C(=O)c1cc(Nc2cc(OC)ccc2OC)ncn1. The standard InChI is InChI=1S/C20H26N4O3/c1-4-14-7-5-6-10-24(14)20(25)17-12-19(22-13-21-17)23-16-11-15(26-2)8-9-18(16)27-3/h8-9,11-14H,4-7,10H2,1-3H3,(H,21,22,23). The summed E-state index contributed by atoms with van der Waals surface area (Å²) in [7, 11) is 3.21. The molecular weight excluding hydrogens is 344 g/mol. The van der Waals surface area contributed by atoms with Crippen molar-refractivity contribution in [1.82, 2.24) is 14.9 Å². The van der Waals surface area contributed by atoms with Crippen LogP contribution in [-0.2, 0) is 0 Å². The van der Waals surface area contributed by atoms with Crippen molar-refractivity contribution in [1.29, 1.82) is 0 Å². The number of hydrogen-bond acceptors (Lipinski definition) is 6. The van der Waals surface area contributed by atoms with Crippen LogP contribution in [0.2, 0.25) is 0 Å². The van der Waals surface area contributed by atoms with Crippen LogP contribution in [0.4, 0.5) is 11.5 Å². The van der Waals surface area contributed by atoms with Crippen LogP contribution in [0.1, 0.15) is 43.1 Å². The Morgan fingerprint density at radius 2 is 2.07 bits per heavy atom. The van der Waals surface area contributed by atoms with E-state index in [-0.39, 0.29) is 11.9 Å². The van der Waals surface area contributed by atoms with Gasteiger partial charge in [-0.2, -0.15) is 0 Å². The Labute approximate surface area is 159 Å². The third-order valence-corrected chi connectivity index (χ3v) is 4.91. The van der Waals surface area contributed by atoms with Crippen LogP contribution in [0, 0.1) is 0 Å². The second-order valence-electron chi connectivity index (χ2n) is 6.54. The Balaban J connectivity index is 1.82. The Kier molecular flexibility index (Phi) is 6.11. The maximum atomic E-state index is 13.0. The fraction of sp³-hybridized carbons (Fsp3) is 0.450. The van der Waals surface area contributed by atoms with E-state index in [1.807, 2.05) is 23.1 Å². The molecule has 0 bridgehead atoms. The number of hydrogen-bond donors (Lipinski definition) is 1. The lowest BCUT2D eigenvalue weighted by molar-refractivity contribution is 0.0602. The molecule has 0 saturated carbocycles. The first-order valence-electron chi connectivity index (χ1n) is 9.28. The molecule has 2 aromatic rings. The van der Waals surface area contributed by atoms with Gasteiger partial charge in [-0.05, 0) is 37.8 Å². The molecule has 0 radical (unpaired) electrons. The topological polar surface area (TPSA) is 76.6 Å². The number of anilines is 2. The zero-order valence-corrected chi connectivity index (χ0v) is 16.1. The fourth-order valence-electron chi connectivity index (χ4n) is 3.43. The van der Waals surface area contributed by atoms with Crippen molar-refractivity contribution in [2.24, 2.45) is 0 Å². The lowest BCUT2D eigenvalue weighted by Crippen LogP contribution is -2.43. The van der Waals surface area contributed by atoms with Gasteiger partial charge in [0.15, 0.2) is 0 Å². The molecule has 7 heteroatoms. The monoisotopic (exact) mass is 370 g/mol. The van der Waals surface area contributed by atoms with E-state index < -0.39 is 0 Å². The molecule has 1 aliphatic rings. The molecule has 1 saturated heterocycles. The maximum absolute atomic E-state index is 13.0. The van der Waals surface area contributed by atoms with Gasteiger partial charge in [0.1, 0.15) is 29.3 Å². The van der Waals surface area contributed by atoms with E-state index in [1.165, 1.54) is 12.7 Å². The zero-order valence-electron chi connectivity index (χ0n) is 16.1. The Hall–Kier alpha value is -2.83. The summed E-state index contributed by atoms with van der Waals surface area (Å²) in [6, 6.07) is 7.42. The lowest BCUT2D eigenvalue weighted by Gasteiger charge is -2.35. The molecular formula is C20H26N4O3. The van der Waals surface area contributed by atoms with Gasteiger partial charge in [0.25, 0.3) is 5.91 Å². The Morgan fingerprint density at radius 1 is 1.22 bits per heavy atom. The summed E-state index contributed by atoms with van der Waals surface area (Å²) in [5.41, 5.74) is 1.10. The maximum Gasteiger partial charge on any atom is 0.272 e. The van der Waals surface area contributed by atoms with Crippen LogP contribution in [0.5, 0.6) is 11.5 Å². The van der Waals surface area contributed by atoms with Gasteiger partial charge >= 0.3 is 0 Å². The first-order chi connectivity index (χ1) is 13.2. The molecule has 27 heavy (non-hydrogen) atoms. The number of nitrogens with one attached hydrogen (secondary N) is 1. The zero-order chi connectivity index (χ0) is 19.2. The van der Waals surface area contributed by atoms with E-state index in [4.69, 9.17) is 9.47 Å². The van der Waals surface area contributed by atoms with Crippen molar-refractivity contribution in [2.45, 2.75) is 38.6 Å². The number of amides is 1. The van der Waals surface area contributed by atoms with Crippen molar-refractivity contribution in [2.75, 3.05) is 26.1 Å². The number of piperidine rings is 1. The Morgan fingerprint density at radius 3 is 2.81 bits per heavy atom. The molecule has 1 aromatic heterocycles. The highest BCUT2D eigenvalue weighted by Crippen LogP contribution is 2.31. The molecule has 1 atom stereocenters. The normalized spacial score (nSPS) is 16.7. The molecule has 2 heterocycles. The molecule has 1 unspecified atom stereocenters. The molecule has 7 nitrogen and oxygen atoms in total. The summed E-state index contributed by atoms with van der Waals surface area (Å²) in [5, 5.41) is 3.19. The summed E-state index contributed by atoms with van der Waals surface area (Å²) in [6.07, 6.45) is 5.64. The van der Waals surface area contributed by atoms with Gasteiger partial charge in [0.05, 0.1) is 19.9 Å². The largest absolute Gasteiger partial charge is 0.497 e. The fourth-order valence-corrected chi connectivity index (χ4v) is 3.43. The van der Waals surface area contributed by atoms with Gasteiger partial charge in [-0.15, -0.1) is 0 Å². The van der Waals surface area contributed by atoms with Crippen LogP contribution >= 0.6 is 0 Å².